The van der Waals surface area contributed by atoms with Crippen molar-refractivity contribution in [1.82, 2.24) is 0 Å². The second kappa shape index (κ2) is 3.48. The van der Waals surface area contributed by atoms with Gasteiger partial charge >= 0.3 is 29.6 Å². The average Bonchev–Trinajstić information content (AvgIpc) is 2.34. The topological polar surface area (TPSA) is 0 Å². The minimum atomic E-state index is 0. The van der Waals surface area contributed by atoms with Crippen LogP contribution in [0.1, 0.15) is 5.56 Å². The molecule has 0 aromatic heterocycles. The Hall–Kier alpha value is -0.170. The Bertz CT molecular complexity index is 346. The minimum Gasteiger partial charge on any atom is -0.168 e. The predicted octanol–water partition coefficient (Wildman–Crippen LogP) is -0.129. The van der Waals surface area contributed by atoms with Crippen LogP contribution in [0.5, 0.6) is 0 Å². The summed E-state index contributed by atoms with van der Waals surface area (Å²) >= 11 is 0. The number of benzene rings is 1. The Balaban J connectivity index is 0.000000605. The molecule has 2 aromatic rings. The summed E-state index contributed by atoms with van der Waals surface area (Å²) < 4.78 is 0. The van der Waals surface area contributed by atoms with Crippen LogP contribution in [0.4, 0.5) is 0 Å². The maximum atomic E-state index is 2.16. The Morgan fingerprint density at radius 3 is 2.55 bits per heavy atom. The summed E-state index contributed by atoms with van der Waals surface area (Å²) in [5.74, 6) is 0. The van der Waals surface area contributed by atoms with E-state index in [2.05, 4.69) is 43.3 Å². The predicted molar refractivity (Wildman–Crippen MR) is 44.3 cm³/mol. The van der Waals surface area contributed by atoms with Crippen LogP contribution in [0.2, 0.25) is 0 Å². The van der Waals surface area contributed by atoms with Crippen molar-refractivity contribution in [2.24, 2.45) is 0 Å². The average molecular weight is 152 g/mol. The van der Waals surface area contributed by atoms with Crippen LogP contribution in [-0.4, -0.2) is 0 Å². The molecule has 0 aliphatic heterocycles. The summed E-state index contributed by atoms with van der Waals surface area (Å²) in [5, 5.41) is 2.72. The van der Waals surface area contributed by atoms with Crippen LogP contribution in [0.15, 0.2) is 36.4 Å². The molecule has 0 unspecified atom stereocenters. The third-order valence-corrected chi connectivity index (χ3v) is 1.90. The van der Waals surface area contributed by atoms with Crippen LogP contribution in [-0.2, 0) is 0 Å². The molecule has 0 aliphatic rings. The molecule has 2 aromatic carbocycles. The molecule has 2 rings (SSSR count). The van der Waals surface area contributed by atoms with Gasteiger partial charge in [0.2, 0.25) is 0 Å². The van der Waals surface area contributed by atoms with Crippen LogP contribution in [0, 0.1) is 6.92 Å². The van der Waals surface area contributed by atoms with Gasteiger partial charge in [0.1, 0.15) is 0 Å². The number of hydrogen-bond donors (Lipinski definition) is 0. The van der Waals surface area contributed by atoms with Crippen molar-refractivity contribution in [2.45, 2.75) is 6.92 Å². The SMILES string of the molecule is C[c-]1ccc2ccccc21.[Na+]. The van der Waals surface area contributed by atoms with Crippen LogP contribution in [0.25, 0.3) is 10.8 Å². The number of aryl methyl sites for hydroxylation is 1. The van der Waals surface area contributed by atoms with E-state index in [4.69, 9.17) is 0 Å². The molecule has 0 atom stereocenters. The summed E-state index contributed by atoms with van der Waals surface area (Å²) in [4.78, 5) is 0. The van der Waals surface area contributed by atoms with Gasteiger partial charge in [-0.05, 0) is 0 Å². The van der Waals surface area contributed by atoms with Gasteiger partial charge in [-0.15, -0.1) is 34.5 Å². The molecule has 0 radical (unpaired) electrons. The fraction of sp³-hybridized carbons (Fsp3) is 0.100. The number of rotatable bonds is 0. The maximum absolute atomic E-state index is 2.16. The van der Waals surface area contributed by atoms with E-state index < -0.39 is 0 Å². The third-order valence-electron chi connectivity index (χ3n) is 1.90. The van der Waals surface area contributed by atoms with Gasteiger partial charge in [0.05, 0.1) is 0 Å². The molecule has 0 saturated heterocycles. The van der Waals surface area contributed by atoms with Crippen molar-refractivity contribution in [1.29, 1.82) is 0 Å². The van der Waals surface area contributed by atoms with Gasteiger partial charge in [0.15, 0.2) is 0 Å². The molecule has 50 valence electrons. The molecule has 0 aliphatic carbocycles. The fourth-order valence-corrected chi connectivity index (χ4v) is 1.31. The van der Waals surface area contributed by atoms with Gasteiger partial charge in [0.25, 0.3) is 0 Å². The molecule has 0 bridgehead atoms. The molecular weight excluding hydrogens is 143 g/mol. The van der Waals surface area contributed by atoms with Gasteiger partial charge in [-0.25, -0.2) is 0 Å². The first kappa shape index (κ1) is 8.92. The van der Waals surface area contributed by atoms with Gasteiger partial charge in [-0.1, -0.05) is 13.0 Å². The van der Waals surface area contributed by atoms with Crippen molar-refractivity contribution >= 4 is 10.8 Å². The fourth-order valence-electron chi connectivity index (χ4n) is 1.31. The van der Waals surface area contributed by atoms with Crippen LogP contribution in [0.3, 0.4) is 0 Å². The summed E-state index contributed by atoms with van der Waals surface area (Å²) in [6, 6.07) is 12.8. The van der Waals surface area contributed by atoms with Crippen molar-refractivity contribution in [3.63, 3.8) is 0 Å². The van der Waals surface area contributed by atoms with Crippen LogP contribution >= 0.6 is 0 Å². The van der Waals surface area contributed by atoms with E-state index in [1.165, 1.54) is 16.3 Å². The van der Waals surface area contributed by atoms with Gasteiger partial charge in [-0.2, -0.15) is 12.1 Å². The molecule has 0 heterocycles. The number of fused-ring (bicyclic) bond motifs is 1. The van der Waals surface area contributed by atoms with Crippen molar-refractivity contribution < 1.29 is 29.6 Å². The summed E-state index contributed by atoms with van der Waals surface area (Å²) in [7, 11) is 0. The normalized spacial score (nSPS) is 9.55. The van der Waals surface area contributed by atoms with E-state index in [0.717, 1.165) is 0 Å². The molecule has 0 spiro atoms. The van der Waals surface area contributed by atoms with Crippen molar-refractivity contribution in [3.8, 4) is 0 Å². The quantitative estimate of drug-likeness (QED) is 0.364. The zero-order valence-electron chi connectivity index (χ0n) is 6.96. The summed E-state index contributed by atoms with van der Waals surface area (Å²) in [6.45, 7) is 2.14. The molecule has 0 amide bonds. The molecule has 0 N–H and O–H groups in total. The van der Waals surface area contributed by atoms with Crippen molar-refractivity contribution in [3.05, 3.63) is 42.0 Å². The second-order valence-electron chi connectivity index (χ2n) is 2.60. The molecule has 11 heavy (non-hydrogen) atoms. The Morgan fingerprint density at radius 2 is 1.82 bits per heavy atom. The van der Waals surface area contributed by atoms with E-state index in [-0.39, 0.29) is 29.6 Å². The summed E-state index contributed by atoms with van der Waals surface area (Å²) in [6.07, 6.45) is 0. The Kier molecular flexibility index (Phi) is 2.83. The minimum absolute atomic E-state index is 0. The molecule has 0 saturated carbocycles. The first-order chi connectivity index (χ1) is 4.88. The van der Waals surface area contributed by atoms with E-state index >= 15 is 0 Å². The smallest absolute Gasteiger partial charge is 0.168 e. The zero-order valence-corrected chi connectivity index (χ0v) is 8.96. The first-order valence-electron chi connectivity index (χ1n) is 3.49. The largest absolute Gasteiger partial charge is 1.00 e. The monoisotopic (exact) mass is 152 g/mol. The van der Waals surface area contributed by atoms with Gasteiger partial charge in [-0.3, -0.25) is 0 Å². The van der Waals surface area contributed by atoms with Gasteiger partial charge < -0.3 is 0 Å². The van der Waals surface area contributed by atoms with E-state index in [1.807, 2.05) is 0 Å². The van der Waals surface area contributed by atoms with E-state index in [0.29, 0.717) is 0 Å². The Labute approximate surface area is 88.9 Å². The van der Waals surface area contributed by atoms with E-state index in [9.17, 15) is 0 Å². The third kappa shape index (κ3) is 1.53. The molecule has 1 heteroatoms. The first-order valence-corrected chi connectivity index (χ1v) is 3.49. The summed E-state index contributed by atoms with van der Waals surface area (Å²) in [5.41, 5.74) is 1.37. The molecule has 0 fully saturated rings. The standard InChI is InChI=1S/C10H9.Na/c1-8-6-7-9-4-2-3-5-10(8)9;/h2-7H,1H3;/q-1;+1. The molecular formula is C10H9Na. The number of hydrogen-bond acceptors (Lipinski definition) is 0. The van der Waals surface area contributed by atoms with E-state index in [1.54, 1.807) is 0 Å². The Morgan fingerprint density at radius 1 is 1.09 bits per heavy atom. The zero-order chi connectivity index (χ0) is 6.97. The second-order valence-corrected chi connectivity index (χ2v) is 2.60. The molecule has 0 nitrogen and oxygen atoms in total. The van der Waals surface area contributed by atoms with Crippen LogP contribution < -0.4 is 29.6 Å². The maximum Gasteiger partial charge on any atom is 1.00 e. The van der Waals surface area contributed by atoms with Crippen molar-refractivity contribution in [2.75, 3.05) is 0 Å². The van der Waals surface area contributed by atoms with Gasteiger partial charge in [0, 0.05) is 0 Å².